The molecule has 1 aromatic rings. The molecule has 102 valence electrons. The second-order valence-corrected chi connectivity index (χ2v) is 5.99. The van der Waals surface area contributed by atoms with Crippen LogP contribution in [0.15, 0.2) is 23.1 Å². The number of anilines is 1. The summed E-state index contributed by atoms with van der Waals surface area (Å²) in [6.45, 7) is 0. The molecule has 0 amide bonds. The van der Waals surface area contributed by atoms with Gasteiger partial charge in [0.15, 0.2) is 0 Å². The van der Waals surface area contributed by atoms with Gasteiger partial charge in [-0.15, -0.1) is 11.8 Å². The standard InChI is InChI=1S/C15H21N3S/c1-18(12-8-6-11(17)7-9-12)14-4-3-5-15(19-2)13(14)10-16/h3-5,11-12H,6-9,17H2,1-2H3. The van der Waals surface area contributed by atoms with Crippen molar-refractivity contribution >= 4 is 17.4 Å². The fourth-order valence-electron chi connectivity index (χ4n) is 2.78. The maximum absolute atomic E-state index is 9.41. The molecule has 0 spiro atoms. The zero-order chi connectivity index (χ0) is 13.8. The summed E-state index contributed by atoms with van der Waals surface area (Å²) in [6, 6.07) is 9.31. The second kappa shape index (κ2) is 6.31. The Morgan fingerprint density at radius 2 is 2.00 bits per heavy atom. The number of nitriles is 1. The van der Waals surface area contributed by atoms with Crippen molar-refractivity contribution in [1.82, 2.24) is 0 Å². The van der Waals surface area contributed by atoms with Gasteiger partial charge < -0.3 is 10.6 Å². The number of rotatable bonds is 3. The van der Waals surface area contributed by atoms with Gasteiger partial charge in [0.25, 0.3) is 0 Å². The van der Waals surface area contributed by atoms with Crippen molar-refractivity contribution in [1.29, 1.82) is 5.26 Å². The first-order valence-corrected chi connectivity index (χ1v) is 7.95. The Kier molecular flexibility index (Phi) is 4.73. The first-order valence-electron chi connectivity index (χ1n) is 6.73. The monoisotopic (exact) mass is 275 g/mol. The highest BCUT2D eigenvalue weighted by atomic mass is 32.2. The molecule has 0 aliphatic heterocycles. The third-order valence-corrected chi connectivity index (χ3v) is 4.79. The number of thioether (sulfide) groups is 1. The molecule has 0 atom stereocenters. The molecule has 1 aliphatic carbocycles. The Bertz CT molecular complexity index is 473. The normalized spacial score (nSPS) is 22.8. The number of hydrogen-bond acceptors (Lipinski definition) is 4. The molecule has 1 saturated carbocycles. The molecule has 0 bridgehead atoms. The summed E-state index contributed by atoms with van der Waals surface area (Å²) in [6.07, 6.45) is 6.41. The van der Waals surface area contributed by atoms with Crippen LogP contribution in [0.5, 0.6) is 0 Å². The van der Waals surface area contributed by atoms with Gasteiger partial charge in [0, 0.05) is 24.0 Å². The molecule has 0 unspecified atom stereocenters. The number of benzene rings is 1. The molecule has 19 heavy (non-hydrogen) atoms. The van der Waals surface area contributed by atoms with Crippen molar-refractivity contribution in [2.75, 3.05) is 18.2 Å². The van der Waals surface area contributed by atoms with Crippen molar-refractivity contribution in [2.24, 2.45) is 5.73 Å². The van der Waals surface area contributed by atoms with Crippen LogP contribution in [0.1, 0.15) is 31.2 Å². The summed E-state index contributed by atoms with van der Waals surface area (Å²) < 4.78 is 0. The van der Waals surface area contributed by atoms with Gasteiger partial charge in [-0.2, -0.15) is 5.26 Å². The Hall–Kier alpha value is -1.18. The molecule has 0 heterocycles. The van der Waals surface area contributed by atoms with Crippen LogP contribution in [0.4, 0.5) is 5.69 Å². The minimum atomic E-state index is 0.359. The topological polar surface area (TPSA) is 53.0 Å². The zero-order valence-corrected chi connectivity index (χ0v) is 12.4. The maximum atomic E-state index is 9.41. The highest BCUT2D eigenvalue weighted by Gasteiger charge is 2.24. The van der Waals surface area contributed by atoms with Crippen molar-refractivity contribution in [2.45, 2.75) is 42.7 Å². The predicted octanol–water partition coefficient (Wildman–Crippen LogP) is 2.99. The van der Waals surface area contributed by atoms with E-state index in [1.807, 2.05) is 24.5 Å². The van der Waals surface area contributed by atoms with E-state index in [-0.39, 0.29) is 0 Å². The molecular weight excluding hydrogens is 254 g/mol. The Morgan fingerprint density at radius 1 is 1.32 bits per heavy atom. The van der Waals surface area contributed by atoms with Gasteiger partial charge in [-0.05, 0) is 44.1 Å². The first kappa shape index (κ1) is 14.2. The third-order valence-electron chi connectivity index (χ3n) is 4.01. The highest BCUT2D eigenvalue weighted by Crippen LogP contribution is 2.32. The maximum Gasteiger partial charge on any atom is 0.103 e. The van der Waals surface area contributed by atoms with E-state index >= 15 is 0 Å². The SMILES string of the molecule is CSc1cccc(N(C)C2CCC(N)CC2)c1C#N. The molecule has 2 rings (SSSR count). The molecule has 3 nitrogen and oxygen atoms in total. The van der Waals surface area contributed by atoms with E-state index in [0.717, 1.165) is 41.8 Å². The quantitative estimate of drug-likeness (QED) is 0.862. The van der Waals surface area contributed by atoms with Crippen LogP contribution in [-0.2, 0) is 0 Å². The lowest BCUT2D eigenvalue weighted by atomic mass is 9.90. The molecule has 0 saturated heterocycles. The minimum absolute atomic E-state index is 0.359. The molecule has 2 N–H and O–H groups in total. The van der Waals surface area contributed by atoms with Crippen LogP contribution in [0, 0.1) is 11.3 Å². The second-order valence-electron chi connectivity index (χ2n) is 5.15. The lowest BCUT2D eigenvalue weighted by molar-refractivity contribution is 0.385. The highest BCUT2D eigenvalue weighted by molar-refractivity contribution is 7.98. The largest absolute Gasteiger partial charge is 0.371 e. The van der Waals surface area contributed by atoms with Crippen molar-refractivity contribution in [3.63, 3.8) is 0 Å². The molecule has 4 heteroatoms. The molecule has 1 aliphatic rings. The van der Waals surface area contributed by atoms with E-state index in [0.29, 0.717) is 12.1 Å². The van der Waals surface area contributed by atoms with Crippen LogP contribution >= 0.6 is 11.8 Å². The van der Waals surface area contributed by atoms with Gasteiger partial charge >= 0.3 is 0 Å². The smallest absolute Gasteiger partial charge is 0.103 e. The predicted molar refractivity (Wildman–Crippen MR) is 81.6 cm³/mol. The van der Waals surface area contributed by atoms with Gasteiger partial charge in [0.05, 0.1) is 11.3 Å². The molecular formula is C15H21N3S. The van der Waals surface area contributed by atoms with E-state index in [9.17, 15) is 5.26 Å². The first-order chi connectivity index (χ1) is 9.17. The zero-order valence-electron chi connectivity index (χ0n) is 11.6. The van der Waals surface area contributed by atoms with Crippen molar-refractivity contribution in [3.8, 4) is 6.07 Å². The third kappa shape index (κ3) is 3.05. The van der Waals surface area contributed by atoms with E-state index < -0.39 is 0 Å². The molecule has 0 radical (unpaired) electrons. The Balaban J connectivity index is 2.24. The average Bonchev–Trinajstić information content (AvgIpc) is 2.46. The lowest BCUT2D eigenvalue weighted by Crippen LogP contribution is -2.39. The van der Waals surface area contributed by atoms with Gasteiger partial charge in [-0.25, -0.2) is 0 Å². The summed E-state index contributed by atoms with van der Waals surface area (Å²) in [7, 11) is 2.10. The molecule has 0 aromatic heterocycles. The van der Waals surface area contributed by atoms with Crippen molar-refractivity contribution < 1.29 is 0 Å². The number of nitrogens with two attached hydrogens (primary N) is 1. The van der Waals surface area contributed by atoms with Crippen molar-refractivity contribution in [3.05, 3.63) is 23.8 Å². The summed E-state index contributed by atoms with van der Waals surface area (Å²) in [4.78, 5) is 3.32. The van der Waals surface area contributed by atoms with E-state index in [4.69, 9.17) is 5.73 Å². The summed E-state index contributed by atoms with van der Waals surface area (Å²) in [5, 5.41) is 9.41. The van der Waals surface area contributed by atoms with E-state index in [1.165, 1.54) is 0 Å². The summed E-state index contributed by atoms with van der Waals surface area (Å²) in [5.74, 6) is 0. The van der Waals surface area contributed by atoms with E-state index in [1.54, 1.807) is 11.8 Å². The fourth-order valence-corrected chi connectivity index (χ4v) is 3.35. The molecule has 1 aromatic carbocycles. The van der Waals surface area contributed by atoms with Crippen LogP contribution in [-0.4, -0.2) is 25.4 Å². The van der Waals surface area contributed by atoms with Crippen LogP contribution in [0.3, 0.4) is 0 Å². The van der Waals surface area contributed by atoms with Crippen LogP contribution < -0.4 is 10.6 Å². The van der Waals surface area contributed by atoms with Gasteiger partial charge in [0.2, 0.25) is 0 Å². The van der Waals surface area contributed by atoms with Gasteiger partial charge in [-0.3, -0.25) is 0 Å². The number of nitrogens with zero attached hydrogens (tertiary/aromatic N) is 2. The minimum Gasteiger partial charge on any atom is -0.371 e. The number of hydrogen-bond donors (Lipinski definition) is 1. The Morgan fingerprint density at radius 3 is 2.58 bits per heavy atom. The van der Waals surface area contributed by atoms with Gasteiger partial charge in [0.1, 0.15) is 6.07 Å². The Labute approximate surface area is 119 Å². The summed E-state index contributed by atoms with van der Waals surface area (Å²) in [5.41, 5.74) is 7.81. The van der Waals surface area contributed by atoms with Crippen LogP contribution in [0.2, 0.25) is 0 Å². The fraction of sp³-hybridized carbons (Fsp3) is 0.533. The average molecular weight is 275 g/mol. The summed E-state index contributed by atoms with van der Waals surface area (Å²) >= 11 is 1.63. The van der Waals surface area contributed by atoms with E-state index in [2.05, 4.69) is 18.0 Å². The van der Waals surface area contributed by atoms with Crippen LogP contribution in [0.25, 0.3) is 0 Å². The lowest BCUT2D eigenvalue weighted by Gasteiger charge is -2.35. The molecule has 1 fully saturated rings. The van der Waals surface area contributed by atoms with Gasteiger partial charge in [-0.1, -0.05) is 6.07 Å².